The average Bonchev–Trinajstić information content (AvgIpc) is 2.49. The van der Waals surface area contributed by atoms with E-state index in [0.717, 1.165) is 0 Å². The summed E-state index contributed by atoms with van der Waals surface area (Å²) in [4.78, 5) is 12.3. The summed E-state index contributed by atoms with van der Waals surface area (Å²) in [6, 6.07) is 10.7. The van der Waals surface area contributed by atoms with E-state index in [1.807, 2.05) is 0 Å². The topological polar surface area (TPSA) is 64.3 Å². The molecule has 0 unspecified atom stereocenters. The maximum Gasteiger partial charge on any atom is 0.255 e. The van der Waals surface area contributed by atoms with Gasteiger partial charge in [0.25, 0.3) is 5.91 Å². The molecule has 0 bridgehead atoms. The second-order valence-electron chi connectivity index (χ2n) is 4.25. The van der Waals surface area contributed by atoms with E-state index in [2.05, 4.69) is 5.32 Å². The lowest BCUT2D eigenvalue weighted by Crippen LogP contribution is -2.13. The summed E-state index contributed by atoms with van der Waals surface area (Å²) >= 11 is 4.84. The van der Waals surface area contributed by atoms with Gasteiger partial charge in [0.2, 0.25) is 0 Å². The second-order valence-corrected chi connectivity index (χ2v) is 4.68. The Morgan fingerprint density at radius 3 is 2.38 bits per heavy atom. The normalized spacial score (nSPS) is 10.0. The molecule has 2 aromatic carbocycles. The van der Waals surface area contributed by atoms with Crippen LogP contribution in [-0.4, -0.2) is 18.0 Å². The van der Waals surface area contributed by atoms with Crippen LogP contribution in [0, 0.1) is 5.82 Å². The number of ether oxygens (including phenoxy) is 1. The average molecular weight is 304 g/mol. The smallest absolute Gasteiger partial charge is 0.255 e. The summed E-state index contributed by atoms with van der Waals surface area (Å²) in [6.07, 6.45) is 0. The molecule has 4 nitrogen and oxygen atoms in total. The molecule has 6 heteroatoms. The van der Waals surface area contributed by atoms with Crippen molar-refractivity contribution in [3.63, 3.8) is 0 Å². The molecule has 0 aliphatic heterocycles. The first-order valence-corrected chi connectivity index (χ1v) is 6.47. The van der Waals surface area contributed by atoms with Crippen LogP contribution in [0.5, 0.6) is 5.75 Å². The Hall–Kier alpha value is -2.47. The molecule has 0 aliphatic rings. The molecule has 0 saturated heterocycles. The van der Waals surface area contributed by atoms with Crippen molar-refractivity contribution in [2.45, 2.75) is 0 Å². The van der Waals surface area contributed by atoms with E-state index in [0.29, 0.717) is 16.8 Å². The highest BCUT2D eigenvalue weighted by atomic mass is 32.1. The lowest BCUT2D eigenvalue weighted by molar-refractivity contribution is 0.102. The molecular weight excluding hydrogens is 291 g/mol. The molecule has 1 amide bonds. The number of amides is 1. The molecule has 0 saturated carbocycles. The zero-order chi connectivity index (χ0) is 15.4. The largest absolute Gasteiger partial charge is 0.494 e. The minimum absolute atomic E-state index is 0.0663. The number of anilines is 1. The quantitative estimate of drug-likeness (QED) is 0.853. The summed E-state index contributed by atoms with van der Waals surface area (Å²) in [6.45, 7) is 0. The van der Waals surface area contributed by atoms with Gasteiger partial charge in [-0.1, -0.05) is 24.4 Å². The van der Waals surface area contributed by atoms with Crippen molar-refractivity contribution in [2.75, 3.05) is 12.4 Å². The molecule has 0 heterocycles. The maximum atomic E-state index is 13.3. The van der Waals surface area contributed by atoms with E-state index in [-0.39, 0.29) is 16.6 Å². The fourth-order valence-corrected chi connectivity index (χ4v) is 1.86. The van der Waals surface area contributed by atoms with Gasteiger partial charge in [-0.15, -0.1) is 0 Å². The number of hydrogen-bond acceptors (Lipinski definition) is 3. The molecule has 0 aliphatic carbocycles. The zero-order valence-corrected chi connectivity index (χ0v) is 12.0. The Kier molecular flexibility index (Phi) is 4.49. The molecule has 2 aromatic rings. The van der Waals surface area contributed by atoms with Crippen molar-refractivity contribution >= 4 is 28.8 Å². The first-order valence-electron chi connectivity index (χ1n) is 6.06. The fraction of sp³-hybridized carbons (Fsp3) is 0.0667. The van der Waals surface area contributed by atoms with Gasteiger partial charge >= 0.3 is 0 Å². The van der Waals surface area contributed by atoms with Crippen LogP contribution in [0.15, 0.2) is 42.5 Å². The van der Waals surface area contributed by atoms with Gasteiger partial charge in [0.15, 0.2) is 11.6 Å². The van der Waals surface area contributed by atoms with Gasteiger partial charge in [-0.3, -0.25) is 4.79 Å². The Morgan fingerprint density at radius 1 is 1.19 bits per heavy atom. The van der Waals surface area contributed by atoms with Crippen molar-refractivity contribution in [3.05, 3.63) is 59.4 Å². The number of methoxy groups -OCH3 is 1. The number of benzene rings is 2. The minimum atomic E-state index is -0.490. The Labute approximate surface area is 126 Å². The van der Waals surface area contributed by atoms with E-state index < -0.39 is 5.82 Å². The number of nitrogens with two attached hydrogens (primary N) is 1. The van der Waals surface area contributed by atoms with Crippen LogP contribution in [-0.2, 0) is 0 Å². The lowest BCUT2D eigenvalue weighted by atomic mass is 10.1. The minimum Gasteiger partial charge on any atom is -0.494 e. The third kappa shape index (κ3) is 3.55. The van der Waals surface area contributed by atoms with E-state index >= 15 is 0 Å². The number of halogens is 1. The second kappa shape index (κ2) is 6.32. The SMILES string of the molecule is COc1cc(NC(=O)c2ccc(C(N)=S)cc2)ccc1F. The van der Waals surface area contributed by atoms with E-state index in [1.54, 1.807) is 24.3 Å². The van der Waals surface area contributed by atoms with Gasteiger partial charge in [-0.25, -0.2) is 4.39 Å². The fourth-order valence-electron chi connectivity index (χ4n) is 1.73. The molecule has 0 aromatic heterocycles. The van der Waals surface area contributed by atoms with Crippen LogP contribution in [0.1, 0.15) is 15.9 Å². The number of rotatable bonds is 4. The molecule has 3 N–H and O–H groups in total. The predicted octanol–water partition coefficient (Wildman–Crippen LogP) is 2.72. The summed E-state index contributed by atoms with van der Waals surface area (Å²) in [7, 11) is 1.36. The first kappa shape index (κ1) is 14.9. The van der Waals surface area contributed by atoms with Crippen molar-refractivity contribution < 1.29 is 13.9 Å². The third-order valence-corrected chi connectivity index (χ3v) is 3.08. The van der Waals surface area contributed by atoms with Gasteiger partial charge in [0.05, 0.1) is 7.11 Å². The third-order valence-electron chi connectivity index (χ3n) is 2.84. The number of carbonyl (C=O) groups excluding carboxylic acids is 1. The monoisotopic (exact) mass is 304 g/mol. The highest BCUT2D eigenvalue weighted by Crippen LogP contribution is 2.21. The first-order chi connectivity index (χ1) is 10.0. The van der Waals surface area contributed by atoms with Gasteiger partial charge in [0, 0.05) is 22.9 Å². The van der Waals surface area contributed by atoms with Crippen LogP contribution >= 0.6 is 12.2 Å². The number of carbonyl (C=O) groups is 1. The van der Waals surface area contributed by atoms with Crippen LogP contribution in [0.3, 0.4) is 0 Å². The number of nitrogens with one attached hydrogen (secondary N) is 1. The molecule has 0 radical (unpaired) electrons. The van der Waals surface area contributed by atoms with Crippen molar-refractivity contribution in [3.8, 4) is 5.75 Å². The van der Waals surface area contributed by atoms with Gasteiger partial charge in [0.1, 0.15) is 4.99 Å². The summed E-state index contributed by atoms with van der Waals surface area (Å²) in [5.74, 6) is -0.744. The van der Waals surface area contributed by atoms with Crippen LogP contribution in [0.2, 0.25) is 0 Å². The molecule has 21 heavy (non-hydrogen) atoms. The van der Waals surface area contributed by atoms with E-state index in [9.17, 15) is 9.18 Å². The van der Waals surface area contributed by atoms with Crippen molar-refractivity contribution in [2.24, 2.45) is 5.73 Å². The number of hydrogen-bond donors (Lipinski definition) is 2. The van der Waals surface area contributed by atoms with Gasteiger partial charge in [-0.2, -0.15) is 0 Å². The van der Waals surface area contributed by atoms with Crippen LogP contribution < -0.4 is 15.8 Å². The Balaban J connectivity index is 2.15. The Bertz CT molecular complexity index is 687. The van der Waals surface area contributed by atoms with E-state index in [1.165, 1.54) is 25.3 Å². The van der Waals surface area contributed by atoms with Crippen LogP contribution in [0.4, 0.5) is 10.1 Å². The number of thiocarbonyl (C=S) groups is 1. The standard InChI is InChI=1S/C15H13FN2O2S/c1-20-13-8-11(6-7-12(13)16)18-15(19)10-4-2-9(3-5-10)14(17)21/h2-8H,1H3,(H2,17,21)(H,18,19). The highest BCUT2D eigenvalue weighted by Gasteiger charge is 2.09. The van der Waals surface area contributed by atoms with Crippen molar-refractivity contribution in [1.29, 1.82) is 0 Å². The van der Waals surface area contributed by atoms with Crippen molar-refractivity contribution in [1.82, 2.24) is 0 Å². The summed E-state index contributed by atoms with van der Waals surface area (Å²) < 4.78 is 18.1. The molecule has 108 valence electrons. The predicted molar refractivity (Wildman–Crippen MR) is 83.2 cm³/mol. The molecular formula is C15H13FN2O2S. The molecule has 0 atom stereocenters. The highest BCUT2D eigenvalue weighted by molar-refractivity contribution is 7.80. The molecule has 0 spiro atoms. The Morgan fingerprint density at radius 2 is 1.81 bits per heavy atom. The molecule has 0 fully saturated rings. The summed E-state index contributed by atoms with van der Waals surface area (Å²) in [5.41, 5.74) is 7.06. The molecule has 2 rings (SSSR count). The zero-order valence-electron chi connectivity index (χ0n) is 11.2. The summed E-state index contributed by atoms with van der Waals surface area (Å²) in [5, 5.41) is 2.66. The van der Waals surface area contributed by atoms with Crippen LogP contribution in [0.25, 0.3) is 0 Å². The van der Waals surface area contributed by atoms with E-state index in [4.69, 9.17) is 22.7 Å². The maximum absolute atomic E-state index is 13.3. The lowest BCUT2D eigenvalue weighted by Gasteiger charge is -2.08. The van der Waals surface area contributed by atoms with Gasteiger partial charge < -0.3 is 15.8 Å². The van der Waals surface area contributed by atoms with Gasteiger partial charge in [-0.05, 0) is 24.3 Å².